The minimum Gasteiger partial charge on any atom is -0.437 e. The van der Waals surface area contributed by atoms with Crippen molar-refractivity contribution in [1.29, 1.82) is 0 Å². The van der Waals surface area contributed by atoms with Gasteiger partial charge in [0.25, 0.3) is 0 Å². The first kappa shape index (κ1) is 51.8. The van der Waals surface area contributed by atoms with Crippen molar-refractivity contribution in [2.75, 3.05) is 14.2 Å². The third-order valence-corrected chi connectivity index (χ3v) is 11.1. The number of hydrogen-bond donors (Lipinski definition) is 0. The van der Waals surface area contributed by atoms with E-state index in [9.17, 15) is 19.2 Å². The van der Waals surface area contributed by atoms with E-state index in [1.807, 2.05) is 86.6 Å². The number of ether oxygens (including phenoxy) is 8. The quantitative estimate of drug-likeness (QED) is 0.0594. The molecule has 352 valence electrons. The second-order valence-electron chi connectivity index (χ2n) is 18.5. The first-order valence-electron chi connectivity index (χ1n) is 21.8. The van der Waals surface area contributed by atoms with Crippen LogP contribution in [0, 0.1) is 5.41 Å². The third kappa shape index (κ3) is 16.0. The van der Waals surface area contributed by atoms with Crippen LogP contribution in [0.25, 0.3) is 0 Å². The lowest BCUT2D eigenvalue weighted by Crippen LogP contribution is -2.31. The molecular weight excluding hydrogens is 841 g/mol. The number of carbonyl (C=O) groups is 4. The maximum absolute atomic E-state index is 12.3. The molecule has 0 aliphatic carbocycles. The van der Waals surface area contributed by atoms with E-state index in [1.54, 1.807) is 48.5 Å². The predicted octanol–water partition coefficient (Wildman–Crippen LogP) is 13.7. The average Bonchev–Trinajstić information content (AvgIpc) is 3.28. The monoisotopic (exact) mass is 904 g/mol. The summed E-state index contributed by atoms with van der Waals surface area (Å²) in [5.41, 5.74) is 5.19. The molecule has 0 bridgehead atoms. The molecular formula is C54H64O12. The van der Waals surface area contributed by atoms with Crippen molar-refractivity contribution in [3.63, 3.8) is 0 Å². The SMILES string of the molecule is CCc1ccc(COC(=O)Oc2ccc(C(C)(C)c3ccc(OC(=O)OC)cc3)cc2)cc1.COC(=O)Oc1ccc(C(C)(C)c2ccc(OC(=O)OC(C)(C)CCC(C)(C)C)cc2)cc1. The molecule has 66 heavy (non-hydrogen) atoms. The van der Waals surface area contributed by atoms with E-state index in [0.29, 0.717) is 23.0 Å². The Hall–Kier alpha value is -6.82. The van der Waals surface area contributed by atoms with Gasteiger partial charge in [-0.1, -0.05) is 128 Å². The summed E-state index contributed by atoms with van der Waals surface area (Å²) in [4.78, 5) is 46.8. The van der Waals surface area contributed by atoms with Crippen molar-refractivity contribution in [3.05, 3.63) is 155 Å². The van der Waals surface area contributed by atoms with Crippen LogP contribution >= 0.6 is 0 Å². The molecule has 0 aromatic heterocycles. The van der Waals surface area contributed by atoms with Crippen molar-refractivity contribution in [2.45, 2.75) is 112 Å². The van der Waals surface area contributed by atoms with Crippen molar-refractivity contribution < 1.29 is 57.1 Å². The summed E-state index contributed by atoms with van der Waals surface area (Å²) < 4.78 is 40.5. The molecule has 0 saturated carbocycles. The second kappa shape index (κ2) is 22.9. The zero-order valence-electron chi connectivity index (χ0n) is 40.3. The van der Waals surface area contributed by atoms with Crippen LogP contribution in [0.5, 0.6) is 23.0 Å². The molecule has 5 aromatic carbocycles. The summed E-state index contributed by atoms with van der Waals surface area (Å²) in [6, 6.07) is 37.1. The maximum atomic E-state index is 12.3. The molecule has 12 nitrogen and oxygen atoms in total. The van der Waals surface area contributed by atoms with Crippen LogP contribution in [0.4, 0.5) is 19.2 Å². The summed E-state index contributed by atoms with van der Waals surface area (Å²) in [6.07, 6.45) is -0.315. The lowest BCUT2D eigenvalue weighted by Gasteiger charge is -2.28. The molecule has 0 amide bonds. The highest BCUT2D eigenvalue weighted by atomic mass is 16.7. The molecule has 0 heterocycles. The van der Waals surface area contributed by atoms with Crippen molar-refractivity contribution in [2.24, 2.45) is 5.41 Å². The van der Waals surface area contributed by atoms with Crippen LogP contribution in [0.3, 0.4) is 0 Å². The van der Waals surface area contributed by atoms with Gasteiger partial charge in [0, 0.05) is 10.8 Å². The first-order chi connectivity index (χ1) is 31.0. The van der Waals surface area contributed by atoms with Gasteiger partial charge in [-0.25, -0.2) is 19.2 Å². The summed E-state index contributed by atoms with van der Waals surface area (Å²) in [6.45, 7) is 20.9. The molecule has 0 atom stereocenters. The number of rotatable bonds is 14. The number of hydrogen-bond acceptors (Lipinski definition) is 12. The van der Waals surface area contributed by atoms with Crippen LogP contribution in [0.15, 0.2) is 121 Å². The summed E-state index contributed by atoms with van der Waals surface area (Å²) in [5, 5.41) is 0. The zero-order chi connectivity index (χ0) is 48.7. The maximum Gasteiger partial charge on any atom is 0.514 e. The van der Waals surface area contributed by atoms with Gasteiger partial charge in [0.1, 0.15) is 35.2 Å². The Kier molecular flexibility index (Phi) is 18.0. The van der Waals surface area contributed by atoms with Crippen molar-refractivity contribution >= 4 is 24.6 Å². The van der Waals surface area contributed by atoms with Gasteiger partial charge >= 0.3 is 24.6 Å². The number of aryl methyl sites for hydroxylation is 1. The second-order valence-corrected chi connectivity index (χ2v) is 18.5. The molecule has 0 N–H and O–H groups in total. The molecule has 0 saturated heterocycles. The number of methoxy groups -OCH3 is 2. The van der Waals surface area contributed by atoms with E-state index in [4.69, 9.17) is 28.4 Å². The Morgan fingerprint density at radius 3 is 1.05 bits per heavy atom. The van der Waals surface area contributed by atoms with E-state index in [0.717, 1.165) is 47.1 Å². The fourth-order valence-electron chi connectivity index (χ4n) is 6.58. The highest BCUT2D eigenvalue weighted by molar-refractivity contribution is 5.66. The van der Waals surface area contributed by atoms with E-state index < -0.39 is 30.2 Å². The van der Waals surface area contributed by atoms with Gasteiger partial charge in [-0.15, -0.1) is 0 Å². The average molecular weight is 905 g/mol. The van der Waals surface area contributed by atoms with E-state index in [1.165, 1.54) is 19.8 Å². The van der Waals surface area contributed by atoms with Crippen LogP contribution in [0.2, 0.25) is 0 Å². The molecule has 12 heteroatoms. The van der Waals surface area contributed by atoms with E-state index in [-0.39, 0.29) is 22.9 Å². The Balaban J connectivity index is 0.000000289. The Morgan fingerprint density at radius 2 is 0.727 bits per heavy atom. The molecule has 5 rings (SSSR count). The topological polar surface area (TPSA) is 142 Å². The summed E-state index contributed by atoms with van der Waals surface area (Å²) >= 11 is 0. The predicted molar refractivity (Wildman–Crippen MR) is 253 cm³/mol. The van der Waals surface area contributed by atoms with Crippen molar-refractivity contribution in [3.8, 4) is 23.0 Å². The Morgan fingerprint density at radius 1 is 0.409 bits per heavy atom. The molecule has 0 spiro atoms. The Labute approximate surface area is 389 Å². The fraction of sp³-hybridized carbons (Fsp3) is 0.370. The largest absolute Gasteiger partial charge is 0.514 e. The minimum absolute atomic E-state index is 0.156. The van der Waals surface area contributed by atoms with Crippen LogP contribution in [-0.4, -0.2) is 44.4 Å². The van der Waals surface area contributed by atoms with E-state index in [2.05, 4.69) is 64.9 Å². The van der Waals surface area contributed by atoms with Gasteiger partial charge in [-0.3, -0.25) is 0 Å². The van der Waals surface area contributed by atoms with Crippen molar-refractivity contribution in [1.82, 2.24) is 0 Å². The third-order valence-electron chi connectivity index (χ3n) is 11.1. The smallest absolute Gasteiger partial charge is 0.437 e. The number of benzene rings is 5. The van der Waals surface area contributed by atoms with Crippen LogP contribution in [-0.2, 0) is 42.8 Å². The van der Waals surface area contributed by atoms with Gasteiger partial charge in [-0.05, 0) is 120 Å². The van der Waals surface area contributed by atoms with Crippen LogP contribution in [0.1, 0.15) is 115 Å². The van der Waals surface area contributed by atoms with Gasteiger partial charge in [-0.2, -0.15) is 0 Å². The van der Waals surface area contributed by atoms with Gasteiger partial charge < -0.3 is 37.9 Å². The fourth-order valence-corrected chi connectivity index (χ4v) is 6.58. The Bertz CT molecular complexity index is 2340. The normalized spacial score (nSPS) is 11.5. The molecule has 5 aromatic rings. The standard InChI is InChI=1S/C27H28O6.C27H36O6/c1-5-19-6-8-20(9-7-19)18-31-26(29)33-24-16-12-22(13-17-24)27(2,3)21-10-14-23(15-11-21)32-25(28)30-4;1-25(2,3)17-18-26(4,5)33-24(29)32-22-15-11-20(12-16-22)27(6,7)19-9-13-21(14-10-19)31-23(28)30-8/h6-17H,5,18H2,1-4H3;9-16H,17-18H2,1-8H3. The molecule has 0 radical (unpaired) electrons. The number of carbonyl (C=O) groups excluding carboxylic acids is 4. The lowest BCUT2D eigenvalue weighted by atomic mass is 9.78. The highest BCUT2D eigenvalue weighted by Crippen LogP contribution is 2.35. The lowest BCUT2D eigenvalue weighted by molar-refractivity contribution is -0.00181. The van der Waals surface area contributed by atoms with Gasteiger partial charge in [0.15, 0.2) is 0 Å². The molecule has 0 aliphatic heterocycles. The van der Waals surface area contributed by atoms with E-state index >= 15 is 0 Å². The zero-order valence-corrected chi connectivity index (χ0v) is 40.3. The van der Waals surface area contributed by atoms with Crippen LogP contribution < -0.4 is 18.9 Å². The highest BCUT2D eigenvalue weighted by Gasteiger charge is 2.28. The molecule has 0 fully saturated rings. The summed E-state index contributed by atoms with van der Waals surface area (Å²) in [7, 11) is 2.53. The first-order valence-corrected chi connectivity index (χ1v) is 21.8. The molecule has 0 aliphatic rings. The van der Waals surface area contributed by atoms with Gasteiger partial charge in [0.05, 0.1) is 14.2 Å². The van der Waals surface area contributed by atoms with Gasteiger partial charge in [0.2, 0.25) is 0 Å². The summed E-state index contributed by atoms with van der Waals surface area (Å²) in [5.74, 6) is 1.65. The molecule has 0 unspecified atom stereocenters. The minimum atomic E-state index is -0.759.